The van der Waals surface area contributed by atoms with E-state index in [1.807, 2.05) is 6.92 Å². The first kappa shape index (κ1) is 18.7. The van der Waals surface area contributed by atoms with Gasteiger partial charge in [-0.2, -0.15) is 0 Å². The fraction of sp³-hybridized carbons (Fsp3) is 0.211. The number of nitrogens with zero attached hydrogens (tertiary/aromatic N) is 2. The molecule has 0 spiro atoms. The second kappa shape index (κ2) is 6.37. The Morgan fingerprint density at radius 2 is 1.97 bits per heavy atom. The second-order valence-electron chi connectivity index (χ2n) is 7.02. The van der Waals surface area contributed by atoms with Crippen molar-refractivity contribution < 1.29 is 14.3 Å². The van der Waals surface area contributed by atoms with Gasteiger partial charge in [0.15, 0.2) is 4.93 Å². The van der Waals surface area contributed by atoms with E-state index in [-0.39, 0.29) is 17.9 Å². The zero-order valence-corrected chi connectivity index (χ0v) is 17.3. The number of aromatic nitrogens is 2. The van der Waals surface area contributed by atoms with Crippen LogP contribution in [0.4, 0.5) is 5.95 Å². The lowest BCUT2D eigenvalue weighted by atomic mass is 9.89. The van der Waals surface area contributed by atoms with Crippen LogP contribution in [0.25, 0.3) is 11.0 Å². The summed E-state index contributed by atoms with van der Waals surface area (Å²) in [5.74, 6) is -1.35. The maximum atomic E-state index is 13.4. The number of hydrogen-bond acceptors (Lipinski definition) is 6. The smallest absolute Gasteiger partial charge is 0.340 e. The zero-order chi connectivity index (χ0) is 20.5. The van der Waals surface area contributed by atoms with Crippen LogP contribution in [0.2, 0.25) is 10.0 Å². The highest BCUT2D eigenvalue weighted by Gasteiger charge is 2.58. The molecule has 5 rings (SSSR count). The Hall–Kier alpha value is -2.26. The minimum Gasteiger partial charge on any atom is -0.439 e. The number of H-pyrrole nitrogens is 1. The molecular weight excluding hydrogens is 435 g/mol. The standard InChI is InChI=1S/C19H14Cl2N4O3S/c1-8-13(19(29)10-5-3-2-4-9(10)17(27)28-19)16(26)25(24-8)18-22-12-7-6-11(20)14(21)15(12)23-18/h2-8,13,24,29H,1H3,(H,22,23)/t8-,13-,19+/m1/s1. The van der Waals surface area contributed by atoms with Crippen LogP contribution in [0, 0.1) is 5.92 Å². The fourth-order valence-corrected chi connectivity index (χ4v) is 4.90. The summed E-state index contributed by atoms with van der Waals surface area (Å²) < 4.78 is 5.59. The van der Waals surface area contributed by atoms with E-state index in [1.165, 1.54) is 5.01 Å². The molecule has 148 valence electrons. The lowest BCUT2D eigenvalue weighted by Gasteiger charge is -2.29. The van der Waals surface area contributed by atoms with Gasteiger partial charge in [-0.15, -0.1) is 12.6 Å². The molecule has 0 bridgehead atoms. The Labute approximate surface area is 180 Å². The molecule has 3 heterocycles. The zero-order valence-electron chi connectivity index (χ0n) is 14.9. The number of carbonyl (C=O) groups is 2. The predicted octanol–water partition coefficient (Wildman–Crippen LogP) is 3.68. The van der Waals surface area contributed by atoms with Gasteiger partial charge in [-0.25, -0.2) is 20.2 Å². The van der Waals surface area contributed by atoms with Crippen molar-refractivity contribution in [1.82, 2.24) is 15.4 Å². The van der Waals surface area contributed by atoms with E-state index in [2.05, 4.69) is 28.0 Å². The number of amides is 1. The maximum Gasteiger partial charge on any atom is 0.340 e. The summed E-state index contributed by atoms with van der Waals surface area (Å²) >= 11 is 17.0. The summed E-state index contributed by atoms with van der Waals surface area (Å²) in [7, 11) is 0. The van der Waals surface area contributed by atoms with Gasteiger partial charge >= 0.3 is 5.97 Å². The molecule has 0 unspecified atom stereocenters. The highest BCUT2D eigenvalue weighted by Crippen LogP contribution is 2.48. The van der Waals surface area contributed by atoms with E-state index >= 15 is 0 Å². The quantitative estimate of drug-likeness (QED) is 0.411. The van der Waals surface area contributed by atoms with E-state index < -0.39 is 16.8 Å². The third kappa shape index (κ3) is 2.60. The minimum absolute atomic E-state index is 0.262. The number of benzene rings is 2. The van der Waals surface area contributed by atoms with E-state index in [4.69, 9.17) is 27.9 Å². The topological polar surface area (TPSA) is 87.3 Å². The van der Waals surface area contributed by atoms with Crippen molar-refractivity contribution in [3.05, 3.63) is 57.6 Å². The molecule has 10 heteroatoms. The third-order valence-electron chi connectivity index (χ3n) is 5.27. The fourth-order valence-electron chi connectivity index (χ4n) is 3.93. The van der Waals surface area contributed by atoms with Crippen LogP contribution in [-0.2, 0) is 14.5 Å². The molecule has 0 aliphatic carbocycles. The van der Waals surface area contributed by atoms with Crippen LogP contribution in [0.5, 0.6) is 0 Å². The molecule has 1 amide bonds. The molecular formula is C19H14Cl2N4O3S. The summed E-state index contributed by atoms with van der Waals surface area (Å²) in [5.41, 5.74) is 5.16. The van der Waals surface area contributed by atoms with Gasteiger partial charge in [-0.1, -0.05) is 41.4 Å². The summed E-state index contributed by atoms with van der Waals surface area (Å²) in [4.78, 5) is 31.8. The van der Waals surface area contributed by atoms with Crippen LogP contribution in [0.1, 0.15) is 22.8 Å². The Kier molecular flexibility index (Phi) is 4.12. The molecule has 1 saturated heterocycles. The van der Waals surface area contributed by atoms with Gasteiger partial charge in [-0.3, -0.25) is 4.79 Å². The molecule has 2 aromatic carbocycles. The minimum atomic E-state index is -1.39. The highest BCUT2D eigenvalue weighted by atomic mass is 35.5. The Bertz CT molecular complexity index is 1200. The number of carbonyl (C=O) groups excluding carboxylic acids is 2. The Morgan fingerprint density at radius 3 is 2.76 bits per heavy atom. The number of hydrogen-bond donors (Lipinski definition) is 3. The largest absolute Gasteiger partial charge is 0.439 e. The molecule has 29 heavy (non-hydrogen) atoms. The Morgan fingerprint density at radius 1 is 1.21 bits per heavy atom. The van der Waals surface area contributed by atoms with E-state index in [0.29, 0.717) is 32.2 Å². The summed E-state index contributed by atoms with van der Waals surface area (Å²) in [5, 5.41) is 1.96. The van der Waals surface area contributed by atoms with Crippen LogP contribution >= 0.6 is 35.8 Å². The lowest BCUT2D eigenvalue weighted by Crippen LogP contribution is -2.40. The van der Waals surface area contributed by atoms with Gasteiger partial charge in [0.2, 0.25) is 5.95 Å². The third-order valence-corrected chi connectivity index (χ3v) is 6.67. The number of imidazole rings is 1. The number of thiol groups is 1. The number of nitrogens with one attached hydrogen (secondary N) is 2. The van der Waals surface area contributed by atoms with E-state index in [0.717, 1.165) is 0 Å². The van der Waals surface area contributed by atoms with Gasteiger partial charge in [0.1, 0.15) is 11.4 Å². The van der Waals surface area contributed by atoms with Crippen LogP contribution in [0.3, 0.4) is 0 Å². The number of ether oxygens (including phenoxy) is 1. The number of aromatic amines is 1. The number of anilines is 1. The molecule has 2 aliphatic rings. The number of hydrazine groups is 1. The number of rotatable bonds is 2. The van der Waals surface area contributed by atoms with E-state index in [1.54, 1.807) is 36.4 Å². The Balaban J connectivity index is 1.55. The van der Waals surface area contributed by atoms with Gasteiger partial charge in [0, 0.05) is 11.6 Å². The number of cyclic esters (lactones) is 1. The average Bonchev–Trinajstić information content (AvgIpc) is 3.33. The molecule has 3 atom stereocenters. The van der Waals surface area contributed by atoms with Crippen molar-refractivity contribution in [3.63, 3.8) is 0 Å². The summed E-state index contributed by atoms with van der Waals surface area (Å²) in [6.45, 7) is 1.82. The second-order valence-corrected chi connectivity index (χ2v) is 8.47. The van der Waals surface area contributed by atoms with Crippen LogP contribution in [0.15, 0.2) is 36.4 Å². The highest BCUT2D eigenvalue weighted by molar-refractivity contribution is 7.81. The van der Waals surface area contributed by atoms with Crippen LogP contribution < -0.4 is 10.4 Å². The molecule has 1 fully saturated rings. The normalized spacial score (nSPS) is 26.3. The molecule has 3 aromatic rings. The van der Waals surface area contributed by atoms with Gasteiger partial charge in [0.25, 0.3) is 5.91 Å². The van der Waals surface area contributed by atoms with Crippen molar-refractivity contribution in [2.24, 2.45) is 5.92 Å². The monoisotopic (exact) mass is 448 g/mol. The molecule has 0 saturated carbocycles. The van der Waals surface area contributed by atoms with Crippen LogP contribution in [-0.4, -0.2) is 27.9 Å². The molecule has 0 radical (unpaired) electrons. The number of halogens is 2. The first-order valence-electron chi connectivity index (χ1n) is 8.80. The SMILES string of the molecule is C[C@H]1NN(c2nc3c(Cl)c(Cl)ccc3[nH]2)C(=O)[C@@H]1[C@]1(S)OC(=O)c2ccccc21. The molecule has 2 N–H and O–H groups in total. The van der Waals surface area contributed by atoms with Crippen molar-refractivity contribution in [3.8, 4) is 0 Å². The van der Waals surface area contributed by atoms with E-state index in [9.17, 15) is 9.59 Å². The van der Waals surface area contributed by atoms with Crippen molar-refractivity contribution in [2.45, 2.75) is 17.9 Å². The predicted molar refractivity (Wildman–Crippen MR) is 112 cm³/mol. The van der Waals surface area contributed by atoms with Crippen molar-refractivity contribution in [2.75, 3.05) is 5.01 Å². The summed E-state index contributed by atoms with van der Waals surface area (Å²) in [6, 6.07) is 9.94. The van der Waals surface area contributed by atoms with Gasteiger partial charge in [0.05, 0.1) is 21.1 Å². The van der Waals surface area contributed by atoms with Crippen molar-refractivity contribution >= 4 is 64.7 Å². The first-order valence-corrected chi connectivity index (χ1v) is 10.0. The number of fused-ring (bicyclic) bond motifs is 2. The molecule has 1 aromatic heterocycles. The average molecular weight is 449 g/mol. The summed E-state index contributed by atoms with van der Waals surface area (Å²) in [6.07, 6.45) is 0. The maximum absolute atomic E-state index is 13.4. The van der Waals surface area contributed by atoms with Gasteiger partial charge in [-0.05, 0) is 25.1 Å². The van der Waals surface area contributed by atoms with Gasteiger partial charge < -0.3 is 9.72 Å². The van der Waals surface area contributed by atoms with Crippen molar-refractivity contribution in [1.29, 1.82) is 0 Å². The first-order chi connectivity index (χ1) is 13.8. The molecule has 7 nitrogen and oxygen atoms in total. The lowest BCUT2D eigenvalue weighted by molar-refractivity contribution is -0.124. The number of esters is 1. The molecule has 2 aliphatic heterocycles.